The number of thioether (sulfide) groups is 1. The Bertz CT molecular complexity index is 808. The van der Waals surface area contributed by atoms with E-state index in [0.717, 1.165) is 5.69 Å². The molecule has 2 aromatic rings. The molecule has 124 valence electrons. The van der Waals surface area contributed by atoms with Crippen LogP contribution >= 0.6 is 46.6 Å². The van der Waals surface area contributed by atoms with Gasteiger partial charge in [-0.2, -0.15) is 0 Å². The van der Waals surface area contributed by atoms with Crippen molar-refractivity contribution in [3.05, 3.63) is 63.1 Å². The van der Waals surface area contributed by atoms with Gasteiger partial charge in [0.05, 0.1) is 15.7 Å². The van der Waals surface area contributed by atoms with E-state index in [-0.39, 0.29) is 11.2 Å². The Morgan fingerprint density at radius 1 is 1.12 bits per heavy atom. The topological polar surface area (TPSA) is 32.7 Å². The Labute approximate surface area is 159 Å². The van der Waals surface area contributed by atoms with Crippen LogP contribution in [0, 0.1) is 0 Å². The van der Waals surface area contributed by atoms with E-state index in [1.165, 1.54) is 0 Å². The Morgan fingerprint density at radius 2 is 1.83 bits per heavy atom. The number of aliphatic imine (C=N–C) groups is 1. The molecule has 1 aliphatic rings. The highest BCUT2D eigenvalue weighted by atomic mass is 35.5. The molecule has 3 nitrogen and oxygen atoms in total. The van der Waals surface area contributed by atoms with Crippen LogP contribution < -0.4 is 0 Å². The lowest BCUT2D eigenvalue weighted by molar-refractivity contribution is 0.0855. The molecule has 7 heteroatoms. The standard InChI is InChI=1S/C17H13Cl3N2OS/c1-10-9-22(16(23)11-2-7-14(19)15(20)8-11)17(24-10)21-13-5-3-12(18)4-6-13/h2-8,10H,9H2,1H3/t10-/m1/s1. The van der Waals surface area contributed by atoms with Gasteiger partial charge < -0.3 is 0 Å². The van der Waals surface area contributed by atoms with Crippen molar-refractivity contribution in [1.29, 1.82) is 0 Å². The van der Waals surface area contributed by atoms with Gasteiger partial charge in [0.2, 0.25) is 0 Å². The fraction of sp³-hybridized carbons (Fsp3) is 0.176. The summed E-state index contributed by atoms with van der Waals surface area (Å²) in [5.74, 6) is -0.141. The molecule has 3 rings (SSSR count). The number of nitrogens with zero attached hydrogens (tertiary/aromatic N) is 2. The molecule has 1 heterocycles. The first kappa shape index (κ1) is 17.6. The average Bonchev–Trinajstić information content (AvgIpc) is 2.92. The molecular weight excluding hydrogens is 387 g/mol. The third-order valence-electron chi connectivity index (χ3n) is 3.44. The van der Waals surface area contributed by atoms with E-state index in [2.05, 4.69) is 11.9 Å². The van der Waals surface area contributed by atoms with E-state index in [1.807, 2.05) is 12.1 Å². The van der Waals surface area contributed by atoms with Crippen LogP contribution in [-0.4, -0.2) is 27.8 Å². The summed E-state index contributed by atoms with van der Waals surface area (Å²) in [4.78, 5) is 19.1. The number of carbonyl (C=O) groups is 1. The van der Waals surface area contributed by atoms with Crippen LogP contribution in [0.15, 0.2) is 47.5 Å². The molecule has 0 radical (unpaired) electrons. The van der Waals surface area contributed by atoms with Crippen LogP contribution in [0.25, 0.3) is 0 Å². The van der Waals surface area contributed by atoms with Gasteiger partial charge in [0, 0.05) is 22.4 Å². The van der Waals surface area contributed by atoms with E-state index < -0.39 is 0 Å². The van der Waals surface area contributed by atoms with Gasteiger partial charge in [0.15, 0.2) is 5.17 Å². The van der Waals surface area contributed by atoms with Crippen LogP contribution in [0.4, 0.5) is 5.69 Å². The second kappa shape index (κ2) is 7.36. The molecule has 0 saturated carbocycles. The number of hydrogen-bond donors (Lipinski definition) is 0. The number of rotatable bonds is 2. The summed E-state index contributed by atoms with van der Waals surface area (Å²) in [7, 11) is 0. The number of amidine groups is 1. The summed E-state index contributed by atoms with van der Waals surface area (Å²) in [6.07, 6.45) is 0. The molecule has 0 aromatic heterocycles. The van der Waals surface area contributed by atoms with Gasteiger partial charge in [-0.25, -0.2) is 4.99 Å². The van der Waals surface area contributed by atoms with Crippen LogP contribution in [0.5, 0.6) is 0 Å². The SMILES string of the molecule is C[C@@H]1CN(C(=O)c2ccc(Cl)c(Cl)c2)C(=Nc2ccc(Cl)cc2)S1. The van der Waals surface area contributed by atoms with Crippen molar-refractivity contribution in [2.45, 2.75) is 12.2 Å². The maximum Gasteiger partial charge on any atom is 0.259 e. The number of hydrogen-bond acceptors (Lipinski definition) is 3. The summed E-state index contributed by atoms with van der Waals surface area (Å²) < 4.78 is 0. The van der Waals surface area contributed by atoms with E-state index in [4.69, 9.17) is 34.8 Å². The molecule has 1 amide bonds. The molecule has 0 aliphatic carbocycles. The van der Waals surface area contributed by atoms with Gasteiger partial charge in [0.25, 0.3) is 5.91 Å². The Morgan fingerprint density at radius 3 is 2.50 bits per heavy atom. The van der Waals surface area contributed by atoms with Gasteiger partial charge in [-0.15, -0.1) is 0 Å². The maximum absolute atomic E-state index is 12.8. The summed E-state index contributed by atoms with van der Waals surface area (Å²) in [5, 5.41) is 2.37. The third-order valence-corrected chi connectivity index (χ3v) is 5.51. The number of benzene rings is 2. The number of halogens is 3. The van der Waals surface area contributed by atoms with Gasteiger partial charge in [-0.3, -0.25) is 9.69 Å². The fourth-order valence-corrected chi connectivity index (χ4v) is 3.73. The second-order valence-corrected chi connectivity index (χ2v) is 8.00. The summed E-state index contributed by atoms with van der Waals surface area (Å²) in [5.41, 5.74) is 1.24. The van der Waals surface area contributed by atoms with Crippen molar-refractivity contribution >= 4 is 63.3 Å². The van der Waals surface area contributed by atoms with E-state index in [0.29, 0.717) is 32.3 Å². The zero-order valence-corrected chi connectivity index (χ0v) is 15.8. The van der Waals surface area contributed by atoms with Crippen molar-refractivity contribution in [2.75, 3.05) is 6.54 Å². The molecule has 1 atom stereocenters. The summed E-state index contributed by atoms with van der Waals surface area (Å²) >= 11 is 19.4. The van der Waals surface area contributed by atoms with Crippen molar-refractivity contribution in [1.82, 2.24) is 4.90 Å². The Kier molecular flexibility index (Phi) is 5.40. The number of carbonyl (C=O) groups excluding carboxylic acids is 1. The second-order valence-electron chi connectivity index (χ2n) is 5.34. The average molecular weight is 400 g/mol. The highest BCUT2D eigenvalue weighted by molar-refractivity contribution is 8.14. The van der Waals surface area contributed by atoms with Crippen molar-refractivity contribution in [3.63, 3.8) is 0 Å². The maximum atomic E-state index is 12.8. The molecule has 0 unspecified atom stereocenters. The van der Waals surface area contributed by atoms with Crippen LogP contribution in [0.2, 0.25) is 15.1 Å². The predicted octanol–water partition coefficient (Wildman–Crippen LogP) is 5.91. The van der Waals surface area contributed by atoms with Crippen molar-refractivity contribution in [2.24, 2.45) is 4.99 Å². The summed E-state index contributed by atoms with van der Waals surface area (Å²) in [6, 6.07) is 12.1. The van der Waals surface area contributed by atoms with Crippen LogP contribution in [0.1, 0.15) is 17.3 Å². The van der Waals surface area contributed by atoms with Gasteiger partial charge in [-0.05, 0) is 42.5 Å². The molecular formula is C17H13Cl3N2OS. The first-order valence-electron chi connectivity index (χ1n) is 7.22. The monoisotopic (exact) mass is 398 g/mol. The minimum Gasteiger partial charge on any atom is -0.286 e. The first-order chi connectivity index (χ1) is 11.4. The predicted molar refractivity (Wildman–Crippen MR) is 103 cm³/mol. The highest BCUT2D eigenvalue weighted by Crippen LogP contribution is 2.31. The van der Waals surface area contributed by atoms with Crippen LogP contribution in [-0.2, 0) is 0 Å². The zero-order valence-electron chi connectivity index (χ0n) is 12.7. The molecule has 0 spiro atoms. The first-order valence-corrected chi connectivity index (χ1v) is 9.23. The largest absolute Gasteiger partial charge is 0.286 e. The van der Waals surface area contributed by atoms with E-state index >= 15 is 0 Å². The minimum absolute atomic E-state index is 0.141. The third kappa shape index (κ3) is 3.89. The van der Waals surface area contributed by atoms with Crippen LogP contribution in [0.3, 0.4) is 0 Å². The van der Waals surface area contributed by atoms with E-state index in [9.17, 15) is 4.79 Å². The lowest BCUT2D eigenvalue weighted by atomic mass is 10.2. The quantitative estimate of drug-likeness (QED) is 0.628. The smallest absolute Gasteiger partial charge is 0.259 e. The molecule has 1 aliphatic heterocycles. The highest BCUT2D eigenvalue weighted by Gasteiger charge is 2.31. The molecule has 0 N–H and O–H groups in total. The van der Waals surface area contributed by atoms with Gasteiger partial charge >= 0.3 is 0 Å². The minimum atomic E-state index is -0.141. The fourth-order valence-electron chi connectivity index (χ4n) is 2.28. The molecule has 2 aromatic carbocycles. The van der Waals surface area contributed by atoms with Crippen molar-refractivity contribution < 1.29 is 4.79 Å². The van der Waals surface area contributed by atoms with E-state index in [1.54, 1.807) is 47.0 Å². The Balaban J connectivity index is 1.90. The lowest BCUT2D eigenvalue weighted by Gasteiger charge is -2.16. The normalized spacial score (nSPS) is 19.1. The summed E-state index contributed by atoms with van der Waals surface area (Å²) in [6.45, 7) is 2.65. The van der Waals surface area contributed by atoms with Gasteiger partial charge in [0.1, 0.15) is 0 Å². The van der Waals surface area contributed by atoms with Crippen molar-refractivity contribution in [3.8, 4) is 0 Å². The van der Waals surface area contributed by atoms with Gasteiger partial charge in [-0.1, -0.05) is 53.5 Å². The lowest BCUT2D eigenvalue weighted by Crippen LogP contribution is -2.32. The molecule has 1 saturated heterocycles. The number of amides is 1. The molecule has 0 bridgehead atoms. The Hall–Kier alpha value is -1.20. The zero-order chi connectivity index (χ0) is 17.3. The molecule has 24 heavy (non-hydrogen) atoms. The molecule has 1 fully saturated rings.